The number of ketones is 2. The van der Waals surface area contributed by atoms with E-state index in [0.717, 1.165) is 30.7 Å². The summed E-state index contributed by atoms with van der Waals surface area (Å²) in [5, 5.41) is 0. The summed E-state index contributed by atoms with van der Waals surface area (Å²) in [6.45, 7) is 0. The molecule has 21 heavy (non-hydrogen) atoms. The number of carbonyl (C=O) groups excluding carboxylic acids is 2. The van der Waals surface area contributed by atoms with Gasteiger partial charge in [-0.15, -0.1) is 0 Å². The van der Waals surface area contributed by atoms with Crippen molar-refractivity contribution in [1.82, 2.24) is 0 Å². The summed E-state index contributed by atoms with van der Waals surface area (Å²) < 4.78 is 25.2. The minimum absolute atomic E-state index is 0.0131. The van der Waals surface area contributed by atoms with Gasteiger partial charge < -0.3 is 0 Å². The average molecular weight is 312 g/mol. The Kier molecular flexibility index (Phi) is 5.08. The number of thiol groups is 1. The Bertz CT molecular complexity index is 803. The molecule has 1 aliphatic carbocycles. The first-order chi connectivity index (χ1) is 9.93. The molecule has 0 radical (unpaired) electrons. The van der Waals surface area contributed by atoms with Gasteiger partial charge in [-0.1, -0.05) is 0 Å². The van der Waals surface area contributed by atoms with Gasteiger partial charge in [0.05, 0.1) is 0 Å². The second-order valence-electron chi connectivity index (χ2n) is 4.44. The summed E-state index contributed by atoms with van der Waals surface area (Å²) >= 11 is 0.770. The molecule has 5 nitrogen and oxygen atoms in total. The predicted molar refractivity (Wildman–Crippen MR) is 78.1 cm³/mol. The Morgan fingerprint density at radius 2 is 1.29 bits per heavy atom. The maximum atomic E-state index is 12.3. The quantitative estimate of drug-likeness (QED) is 0.355. The van der Waals surface area contributed by atoms with Crippen LogP contribution in [0.25, 0.3) is 0 Å². The van der Waals surface area contributed by atoms with Crippen molar-refractivity contribution in [2.24, 2.45) is 0 Å². The van der Waals surface area contributed by atoms with Crippen LogP contribution in [0.5, 0.6) is 0 Å². The number of fused-ring (bicyclic) bond motifs is 2. The minimum atomic E-state index is -3.12. The Labute approximate surface area is 140 Å². The van der Waals surface area contributed by atoms with E-state index >= 15 is 0 Å². The van der Waals surface area contributed by atoms with E-state index in [4.69, 9.17) is 13.0 Å². The number of hydrogen-bond donors (Lipinski definition) is 2. The minimum Gasteiger partial charge on any atom is -0.288 e. The topological polar surface area (TPSA) is 88.5 Å². The van der Waals surface area contributed by atoms with Crippen molar-refractivity contribution in [1.29, 1.82) is 0 Å². The van der Waals surface area contributed by atoms with Crippen molar-refractivity contribution < 1.29 is 22.6 Å². The summed E-state index contributed by atoms with van der Waals surface area (Å²) in [5.74, 6) is -0.0475. The standard InChI is InChI=1S/C14H7O2.Na.H2O3S/c15-13-9-5-1-2-6-10(9)14(16)12-8-4-3-7-11(12)13;;1-4(2)3/h1-7H;;4H,(H,1,2,3). The van der Waals surface area contributed by atoms with E-state index < -0.39 is 11.0 Å². The van der Waals surface area contributed by atoms with Crippen LogP contribution in [-0.2, 0) is 11.0 Å². The van der Waals surface area contributed by atoms with Gasteiger partial charge in [-0.05, 0) is 0 Å². The molecule has 0 aliphatic heterocycles. The zero-order valence-electron chi connectivity index (χ0n) is 11.1. The van der Waals surface area contributed by atoms with E-state index in [1.165, 1.54) is 0 Å². The first-order valence-corrected chi connectivity index (χ1v) is 8.18. The maximum Gasteiger partial charge on any atom is 0.254 e. The van der Waals surface area contributed by atoms with Crippen LogP contribution in [-0.4, -0.2) is 52.5 Å². The summed E-state index contributed by atoms with van der Waals surface area (Å²) in [7, 11) is -3.12. The Morgan fingerprint density at radius 3 is 1.86 bits per heavy atom. The van der Waals surface area contributed by atoms with Crippen LogP contribution < -0.4 is 2.81 Å². The number of carbonyl (C=O) groups is 2. The fourth-order valence-corrected chi connectivity index (χ4v) is 3.01. The molecule has 3 rings (SSSR count). The van der Waals surface area contributed by atoms with Crippen LogP contribution in [0.4, 0.5) is 0 Å². The van der Waals surface area contributed by atoms with Crippen molar-refractivity contribution in [3.63, 3.8) is 0 Å². The Hall–Kier alpha value is -1.31. The van der Waals surface area contributed by atoms with Crippen LogP contribution in [0.15, 0.2) is 42.5 Å². The molecule has 7 heteroatoms. The summed E-state index contributed by atoms with van der Waals surface area (Å²) in [6, 6.07) is 12.5. The van der Waals surface area contributed by atoms with Gasteiger partial charge in [-0.25, -0.2) is 8.42 Å². The molecule has 2 aromatic carbocycles. The van der Waals surface area contributed by atoms with Gasteiger partial charge in [0.1, 0.15) is 0 Å². The molecule has 0 amide bonds. The molecule has 0 fully saturated rings. The van der Waals surface area contributed by atoms with Crippen molar-refractivity contribution in [2.75, 3.05) is 0 Å². The van der Waals surface area contributed by atoms with Gasteiger partial charge in [-0.3, -0.25) is 4.55 Å². The molecule has 0 bridgehead atoms. The van der Waals surface area contributed by atoms with Gasteiger partial charge in [0.15, 0.2) is 0 Å². The molecule has 1 aliphatic rings. The number of rotatable bonds is 0. The fourth-order valence-electron chi connectivity index (χ4n) is 2.32. The molecule has 0 heterocycles. The van der Waals surface area contributed by atoms with E-state index in [2.05, 4.69) is 0 Å². The van der Waals surface area contributed by atoms with Crippen LogP contribution in [0.1, 0.15) is 31.8 Å². The normalized spacial score (nSPS) is 12.4. The Balaban J connectivity index is 0.000000361. The third-order valence-corrected chi connectivity index (χ3v) is 3.99. The molecule has 0 spiro atoms. The first kappa shape index (κ1) is 16.1. The smallest absolute Gasteiger partial charge is 0.254 e. The second kappa shape index (κ2) is 6.64. The third kappa shape index (κ3) is 3.30. The molecule has 0 aromatic heterocycles. The van der Waals surface area contributed by atoms with Crippen molar-refractivity contribution in [3.05, 3.63) is 64.7 Å². The van der Waals surface area contributed by atoms with Crippen molar-refractivity contribution in [2.45, 2.75) is 0 Å². The molecule has 102 valence electrons. The van der Waals surface area contributed by atoms with Gasteiger partial charge in [0.25, 0.3) is 11.0 Å². The predicted octanol–water partition coefficient (Wildman–Crippen LogP) is 0.327. The van der Waals surface area contributed by atoms with E-state index in [1.807, 2.05) is 12.1 Å². The van der Waals surface area contributed by atoms with Crippen LogP contribution in [0, 0.1) is 0 Å². The molecule has 2 aromatic rings. The summed E-state index contributed by atoms with van der Waals surface area (Å²) in [4.78, 5) is 24.6. The monoisotopic (exact) mass is 312 g/mol. The molecular weight excluding hydrogens is 303 g/mol. The van der Waals surface area contributed by atoms with E-state index in [1.54, 1.807) is 30.3 Å². The zero-order chi connectivity index (χ0) is 15.6. The van der Waals surface area contributed by atoms with E-state index in [0.29, 0.717) is 22.3 Å². The average Bonchev–Trinajstić information content (AvgIpc) is 2.44. The first-order valence-electron chi connectivity index (χ1n) is 6.04. The maximum absolute atomic E-state index is 12.3. The van der Waals surface area contributed by atoms with Crippen molar-refractivity contribution >= 4 is 53.3 Å². The molecule has 0 unspecified atom stereocenters. The van der Waals surface area contributed by atoms with Gasteiger partial charge in [-0.2, -0.15) is 0 Å². The van der Waals surface area contributed by atoms with Crippen LogP contribution in [0.2, 0.25) is 0 Å². The van der Waals surface area contributed by atoms with Gasteiger partial charge >= 0.3 is 117 Å². The third-order valence-electron chi connectivity index (χ3n) is 3.16. The molecule has 0 saturated heterocycles. The largest absolute Gasteiger partial charge is 0.288 e. The second-order valence-corrected chi connectivity index (χ2v) is 5.99. The molecular formula is C14H9NaO5S. The molecule has 0 atom stereocenters. The van der Waals surface area contributed by atoms with Crippen LogP contribution in [0.3, 0.4) is 0 Å². The van der Waals surface area contributed by atoms with Gasteiger partial charge in [0, 0.05) is 0 Å². The van der Waals surface area contributed by atoms with E-state index in [-0.39, 0.29) is 11.6 Å². The fraction of sp³-hybridized carbons (Fsp3) is 0. The van der Waals surface area contributed by atoms with E-state index in [9.17, 15) is 9.59 Å². The SMILES string of the molecule is O=C1c2ccccc2C(=O)c2[c]([Na])cccc21.O=[SH](=O)O. The summed E-state index contributed by atoms with van der Waals surface area (Å²) in [5.41, 5.74) is 2.23. The van der Waals surface area contributed by atoms with Crippen LogP contribution >= 0.6 is 0 Å². The number of hydrogen-bond acceptors (Lipinski definition) is 4. The number of benzene rings is 2. The van der Waals surface area contributed by atoms with Gasteiger partial charge in [0.2, 0.25) is 0 Å². The Morgan fingerprint density at radius 1 is 0.810 bits per heavy atom. The summed E-state index contributed by atoms with van der Waals surface area (Å²) in [6.07, 6.45) is 0. The molecule has 0 saturated carbocycles. The van der Waals surface area contributed by atoms with Crippen molar-refractivity contribution in [3.8, 4) is 0 Å². The zero-order valence-corrected chi connectivity index (χ0v) is 14.0. The molecule has 1 N–H and O–H groups in total.